The summed E-state index contributed by atoms with van der Waals surface area (Å²) in [7, 11) is 1.86. The Morgan fingerprint density at radius 2 is 2.09 bits per heavy atom. The fourth-order valence-electron chi connectivity index (χ4n) is 3.18. The first-order valence-corrected chi connectivity index (χ1v) is 8.61. The summed E-state index contributed by atoms with van der Waals surface area (Å²) in [5, 5.41) is 11.4. The zero-order chi connectivity index (χ0) is 16.4. The highest BCUT2D eigenvalue weighted by atomic mass is 16.5. The van der Waals surface area contributed by atoms with E-state index >= 15 is 0 Å². The Morgan fingerprint density at radius 3 is 2.74 bits per heavy atom. The lowest BCUT2D eigenvalue weighted by molar-refractivity contribution is 0.0921. The van der Waals surface area contributed by atoms with Crippen LogP contribution in [0.4, 0.5) is 5.95 Å². The van der Waals surface area contributed by atoms with E-state index in [-0.39, 0.29) is 11.9 Å². The molecule has 2 aliphatic rings. The van der Waals surface area contributed by atoms with Crippen molar-refractivity contribution in [3.05, 3.63) is 5.82 Å². The molecule has 1 aromatic heterocycles. The minimum absolute atomic E-state index is 0.146. The maximum atomic E-state index is 12.4. The van der Waals surface area contributed by atoms with E-state index in [0.717, 1.165) is 38.5 Å². The number of hydrogen-bond donors (Lipinski definition) is 1. The highest BCUT2D eigenvalue weighted by Gasteiger charge is 2.46. The standard InChI is InChI=1S/C16H27N5O2/c1-4-12(5-2)17-14(22)13-18-19-15(20(13)3)21-8-9-23-11-16(10-21)6-7-16/h12H,4-11H2,1-3H3,(H,17,22). The summed E-state index contributed by atoms with van der Waals surface area (Å²) in [4.78, 5) is 14.6. The van der Waals surface area contributed by atoms with Crippen molar-refractivity contribution in [2.75, 3.05) is 31.2 Å². The van der Waals surface area contributed by atoms with Crippen LogP contribution < -0.4 is 10.2 Å². The summed E-state index contributed by atoms with van der Waals surface area (Å²) in [6, 6.07) is 0.184. The molecule has 1 spiro atoms. The van der Waals surface area contributed by atoms with Gasteiger partial charge in [0.05, 0.1) is 13.2 Å². The summed E-state index contributed by atoms with van der Waals surface area (Å²) >= 11 is 0. The number of amides is 1. The molecule has 1 amide bonds. The number of anilines is 1. The maximum absolute atomic E-state index is 12.4. The largest absolute Gasteiger partial charge is 0.379 e. The number of carbonyl (C=O) groups excluding carboxylic acids is 1. The average molecular weight is 321 g/mol. The second-order valence-corrected chi connectivity index (χ2v) is 6.84. The van der Waals surface area contributed by atoms with Gasteiger partial charge in [0.2, 0.25) is 11.8 Å². The number of rotatable bonds is 5. The first kappa shape index (κ1) is 16.2. The molecule has 1 saturated carbocycles. The SMILES string of the molecule is CCC(CC)NC(=O)c1nnc(N2CCOCC3(CC3)C2)n1C. The maximum Gasteiger partial charge on any atom is 0.289 e. The third kappa shape index (κ3) is 3.34. The third-order valence-electron chi connectivity index (χ3n) is 5.06. The molecular weight excluding hydrogens is 294 g/mol. The van der Waals surface area contributed by atoms with Crippen molar-refractivity contribution in [3.63, 3.8) is 0 Å². The molecule has 0 unspecified atom stereocenters. The lowest BCUT2D eigenvalue weighted by atomic mass is 10.1. The van der Waals surface area contributed by atoms with Gasteiger partial charge in [-0.3, -0.25) is 9.36 Å². The lowest BCUT2D eigenvalue weighted by Crippen LogP contribution is -2.36. The lowest BCUT2D eigenvalue weighted by Gasteiger charge is -2.23. The van der Waals surface area contributed by atoms with Crippen molar-refractivity contribution in [1.29, 1.82) is 0 Å². The fraction of sp³-hybridized carbons (Fsp3) is 0.812. The van der Waals surface area contributed by atoms with Crippen molar-refractivity contribution in [3.8, 4) is 0 Å². The van der Waals surface area contributed by atoms with Crippen molar-refractivity contribution in [2.45, 2.75) is 45.6 Å². The van der Waals surface area contributed by atoms with Crippen LogP contribution in [0.5, 0.6) is 0 Å². The van der Waals surface area contributed by atoms with Crippen LogP contribution >= 0.6 is 0 Å². The van der Waals surface area contributed by atoms with Gasteiger partial charge < -0.3 is 15.0 Å². The number of nitrogens with zero attached hydrogens (tertiary/aromatic N) is 4. The number of carbonyl (C=O) groups is 1. The summed E-state index contributed by atoms with van der Waals surface area (Å²) in [5.41, 5.74) is 0.292. The summed E-state index contributed by atoms with van der Waals surface area (Å²) < 4.78 is 7.53. The third-order valence-corrected chi connectivity index (χ3v) is 5.06. The predicted molar refractivity (Wildman–Crippen MR) is 87.5 cm³/mol. The fourth-order valence-corrected chi connectivity index (χ4v) is 3.18. The van der Waals surface area contributed by atoms with E-state index in [1.54, 1.807) is 4.57 Å². The van der Waals surface area contributed by atoms with E-state index in [0.29, 0.717) is 17.8 Å². The summed E-state index contributed by atoms with van der Waals surface area (Å²) in [6.07, 6.45) is 4.25. The van der Waals surface area contributed by atoms with E-state index in [4.69, 9.17) is 4.74 Å². The normalized spacial score (nSPS) is 19.9. The van der Waals surface area contributed by atoms with Crippen LogP contribution in [0.1, 0.15) is 50.1 Å². The van der Waals surface area contributed by atoms with Crippen molar-refractivity contribution < 1.29 is 9.53 Å². The van der Waals surface area contributed by atoms with Gasteiger partial charge in [0, 0.05) is 31.6 Å². The van der Waals surface area contributed by atoms with E-state index in [1.165, 1.54) is 12.8 Å². The van der Waals surface area contributed by atoms with Gasteiger partial charge in [0.25, 0.3) is 5.91 Å². The predicted octanol–water partition coefficient (Wildman–Crippen LogP) is 1.35. The van der Waals surface area contributed by atoms with Crippen LogP contribution in [0.2, 0.25) is 0 Å². The molecule has 7 heteroatoms. The van der Waals surface area contributed by atoms with Crippen LogP contribution in [0.25, 0.3) is 0 Å². The zero-order valence-corrected chi connectivity index (χ0v) is 14.3. The average Bonchev–Trinajstić information content (AvgIpc) is 3.26. The van der Waals surface area contributed by atoms with Crippen molar-refractivity contribution in [1.82, 2.24) is 20.1 Å². The molecule has 1 saturated heterocycles. The summed E-state index contributed by atoms with van der Waals surface area (Å²) in [5.74, 6) is 0.991. The minimum Gasteiger partial charge on any atom is -0.379 e. The highest BCUT2D eigenvalue weighted by Crippen LogP contribution is 2.47. The number of nitrogens with one attached hydrogen (secondary N) is 1. The van der Waals surface area contributed by atoms with Gasteiger partial charge in [-0.15, -0.1) is 10.2 Å². The van der Waals surface area contributed by atoms with Gasteiger partial charge in [0.15, 0.2) is 0 Å². The quantitative estimate of drug-likeness (QED) is 0.886. The molecule has 0 atom stereocenters. The molecule has 7 nitrogen and oxygen atoms in total. The van der Waals surface area contributed by atoms with E-state index in [2.05, 4.69) is 34.3 Å². The second-order valence-electron chi connectivity index (χ2n) is 6.84. The molecule has 1 aliphatic carbocycles. The van der Waals surface area contributed by atoms with Crippen LogP contribution in [-0.2, 0) is 11.8 Å². The summed E-state index contributed by atoms with van der Waals surface area (Å²) in [6.45, 7) is 7.41. The van der Waals surface area contributed by atoms with Crippen LogP contribution in [0.3, 0.4) is 0 Å². The Kier molecular flexibility index (Phi) is 4.57. The monoisotopic (exact) mass is 321 g/mol. The van der Waals surface area contributed by atoms with Gasteiger partial charge >= 0.3 is 0 Å². The second kappa shape index (κ2) is 6.47. The molecule has 23 heavy (non-hydrogen) atoms. The zero-order valence-electron chi connectivity index (χ0n) is 14.3. The van der Waals surface area contributed by atoms with Gasteiger partial charge in [-0.1, -0.05) is 13.8 Å². The molecule has 0 aromatic carbocycles. The Bertz CT molecular complexity index is 563. The number of aromatic nitrogens is 3. The van der Waals surface area contributed by atoms with Gasteiger partial charge in [0.1, 0.15) is 0 Å². The topological polar surface area (TPSA) is 72.3 Å². The molecule has 128 valence electrons. The van der Waals surface area contributed by atoms with Crippen molar-refractivity contribution in [2.24, 2.45) is 12.5 Å². The first-order valence-electron chi connectivity index (χ1n) is 8.61. The van der Waals surface area contributed by atoms with Crippen LogP contribution in [0.15, 0.2) is 0 Å². The molecule has 1 aromatic rings. The number of ether oxygens (including phenoxy) is 1. The first-order chi connectivity index (χ1) is 11.1. The van der Waals surface area contributed by atoms with E-state index in [1.807, 2.05) is 7.05 Å². The molecule has 2 fully saturated rings. The van der Waals surface area contributed by atoms with Crippen molar-refractivity contribution >= 4 is 11.9 Å². The molecule has 2 heterocycles. The number of hydrogen-bond acceptors (Lipinski definition) is 5. The Labute approximate surface area is 137 Å². The molecular formula is C16H27N5O2. The highest BCUT2D eigenvalue weighted by molar-refractivity contribution is 5.91. The molecule has 1 aliphatic heterocycles. The van der Waals surface area contributed by atoms with E-state index < -0.39 is 0 Å². The Balaban J connectivity index is 1.74. The smallest absolute Gasteiger partial charge is 0.289 e. The van der Waals surface area contributed by atoms with Crippen LogP contribution in [-0.4, -0.2) is 53.0 Å². The molecule has 0 bridgehead atoms. The Morgan fingerprint density at radius 1 is 1.35 bits per heavy atom. The molecule has 3 rings (SSSR count). The Hall–Kier alpha value is -1.63. The molecule has 1 N–H and O–H groups in total. The van der Waals surface area contributed by atoms with Gasteiger partial charge in [-0.2, -0.15) is 0 Å². The van der Waals surface area contributed by atoms with Crippen LogP contribution in [0, 0.1) is 5.41 Å². The molecule has 0 radical (unpaired) electrons. The van der Waals surface area contributed by atoms with Gasteiger partial charge in [-0.05, 0) is 25.7 Å². The van der Waals surface area contributed by atoms with E-state index in [9.17, 15) is 4.79 Å². The minimum atomic E-state index is -0.146. The van der Waals surface area contributed by atoms with Gasteiger partial charge in [-0.25, -0.2) is 0 Å².